The molecule has 6 nitrogen and oxygen atoms in total. The number of esters is 1. The molecule has 0 bridgehead atoms. The number of carbonyl (C=O) groups excluding carboxylic acids is 2. The molecule has 148 valence electrons. The number of ether oxygens (including phenoxy) is 1. The lowest BCUT2D eigenvalue weighted by molar-refractivity contribution is -0.145. The lowest BCUT2D eigenvalue weighted by Gasteiger charge is -2.25. The Bertz CT molecular complexity index is 476. The first-order valence-electron chi connectivity index (χ1n) is 8.80. The summed E-state index contributed by atoms with van der Waals surface area (Å²) < 4.78 is 23.5. The molecule has 0 saturated carbocycles. The van der Waals surface area contributed by atoms with Gasteiger partial charge in [-0.3, -0.25) is 14.2 Å². The summed E-state index contributed by atoms with van der Waals surface area (Å²) in [4.78, 5) is 24.0. The van der Waals surface area contributed by atoms with Crippen LogP contribution in [-0.2, 0) is 23.4 Å². The van der Waals surface area contributed by atoms with Crippen LogP contribution in [0.3, 0.4) is 0 Å². The summed E-state index contributed by atoms with van der Waals surface area (Å²) in [6.07, 6.45) is 0.780. The van der Waals surface area contributed by atoms with Crippen LogP contribution in [0.1, 0.15) is 54.9 Å². The molecule has 0 aliphatic carbocycles. The molecule has 0 rings (SSSR count). The minimum Gasteiger partial charge on any atom is -0.465 e. The highest BCUT2D eigenvalue weighted by Crippen LogP contribution is 2.43. The van der Waals surface area contributed by atoms with E-state index in [1.807, 2.05) is 34.6 Å². The van der Waals surface area contributed by atoms with Crippen LogP contribution in [0.5, 0.6) is 0 Å². The highest BCUT2D eigenvalue weighted by molar-refractivity contribution is 8.13. The predicted octanol–water partition coefficient (Wildman–Crippen LogP) is 4.09. The lowest BCUT2D eigenvalue weighted by Crippen LogP contribution is -2.38. The van der Waals surface area contributed by atoms with Crippen LogP contribution in [-0.4, -0.2) is 42.3 Å². The average Bonchev–Trinajstić information content (AvgIpc) is 2.49. The maximum atomic E-state index is 12.9. The van der Waals surface area contributed by atoms with E-state index < -0.39 is 24.9 Å². The van der Waals surface area contributed by atoms with Crippen molar-refractivity contribution in [2.24, 2.45) is 11.3 Å². The van der Waals surface area contributed by atoms with Gasteiger partial charge in [-0.1, -0.05) is 53.3 Å². The van der Waals surface area contributed by atoms with E-state index in [0.717, 1.165) is 0 Å². The molecule has 0 spiro atoms. The second-order valence-electron chi connectivity index (χ2n) is 7.27. The molecule has 0 saturated heterocycles. The molecule has 2 atom stereocenters. The first kappa shape index (κ1) is 24.6. The molecule has 0 aromatic rings. The van der Waals surface area contributed by atoms with Gasteiger partial charge in [-0.05, 0) is 19.3 Å². The van der Waals surface area contributed by atoms with Gasteiger partial charge in [0, 0.05) is 17.3 Å². The van der Waals surface area contributed by atoms with Gasteiger partial charge < -0.3 is 9.26 Å². The van der Waals surface area contributed by atoms with Crippen molar-refractivity contribution in [2.45, 2.75) is 60.9 Å². The first-order valence-corrected chi connectivity index (χ1v) is 11.6. The van der Waals surface area contributed by atoms with Crippen LogP contribution in [0.4, 0.5) is 0 Å². The van der Waals surface area contributed by atoms with Crippen molar-refractivity contribution in [2.75, 3.05) is 25.1 Å². The van der Waals surface area contributed by atoms with Crippen LogP contribution in [0, 0.1) is 11.3 Å². The summed E-state index contributed by atoms with van der Waals surface area (Å²) in [5.74, 6) is 0.258. The zero-order chi connectivity index (χ0) is 19.7. The molecule has 25 heavy (non-hydrogen) atoms. The molecule has 0 aliphatic rings. The number of rotatable bonds is 11. The molecule has 1 unspecified atom stereocenters. The average molecular weight is 396 g/mol. The number of nitrogens with one attached hydrogen (secondary N) is 1. The van der Waals surface area contributed by atoms with Gasteiger partial charge in [-0.25, -0.2) is 5.09 Å². The Labute approximate surface area is 156 Å². The Morgan fingerprint density at radius 1 is 1.20 bits per heavy atom. The quantitative estimate of drug-likeness (QED) is 0.320. The third kappa shape index (κ3) is 10.4. The van der Waals surface area contributed by atoms with Crippen molar-refractivity contribution < 1.29 is 23.4 Å². The van der Waals surface area contributed by atoms with Gasteiger partial charge in [-0.2, -0.15) is 0 Å². The molecule has 0 aromatic heterocycles. The van der Waals surface area contributed by atoms with E-state index in [4.69, 9.17) is 9.26 Å². The zero-order valence-corrected chi connectivity index (χ0v) is 18.3. The highest BCUT2D eigenvalue weighted by Gasteiger charge is 2.31. The summed E-state index contributed by atoms with van der Waals surface area (Å²) in [7, 11) is -3.17. The van der Waals surface area contributed by atoms with E-state index in [0.29, 0.717) is 12.2 Å². The summed E-state index contributed by atoms with van der Waals surface area (Å²) in [5, 5.41) is 2.95. The van der Waals surface area contributed by atoms with E-state index >= 15 is 0 Å². The minimum absolute atomic E-state index is 0.0691. The summed E-state index contributed by atoms with van der Waals surface area (Å²) in [5.41, 5.74) is -0.413. The van der Waals surface area contributed by atoms with Gasteiger partial charge in [0.1, 0.15) is 6.04 Å². The summed E-state index contributed by atoms with van der Waals surface area (Å²) in [6, 6.07) is -0.658. The lowest BCUT2D eigenvalue weighted by atomic mass is 10.00. The summed E-state index contributed by atoms with van der Waals surface area (Å²) >= 11 is 1.17. The van der Waals surface area contributed by atoms with Gasteiger partial charge in [-0.15, -0.1) is 0 Å². The number of thioether (sulfide) groups is 1. The van der Waals surface area contributed by atoms with Crippen LogP contribution in [0.25, 0.3) is 0 Å². The largest absolute Gasteiger partial charge is 0.465 e. The number of hydrogen-bond acceptors (Lipinski definition) is 6. The predicted molar refractivity (Wildman–Crippen MR) is 104 cm³/mol. The van der Waals surface area contributed by atoms with Crippen molar-refractivity contribution in [1.82, 2.24) is 5.09 Å². The maximum Gasteiger partial charge on any atom is 0.323 e. The van der Waals surface area contributed by atoms with E-state index in [1.54, 1.807) is 13.8 Å². The molecule has 0 aromatic carbocycles. The monoisotopic (exact) mass is 395 g/mol. The maximum absolute atomic E-state index is 12.9. The molecule has 0 amide bonds. The normalized spacial score (nSPS) is 15.7. The second kappa shape index (κ2) is 11.4. The van der Waals surface area contributed by atoms with Crippen LogP contribution in [0.15, 0.2) is 0 Å². The topological polar surface area (TPSA) is 81.7 Å². The Balaban J connectivity index is 4.69. The number of carbonyl (C=O) groups is 2. The Morgan fingerprint density at radius 3 is 2.24 bits per heavy atom. The molecule has 0 fully saturated rings. The van der Waals surface area contributed by atoms with Crippen LogP contribution < -0.4 is 5.09 Å². The van der Waals surface area contributed by atoms with Crippen molar-refractivity contribution in [3.05, 3.63) is 0 Å². The minimum atomic E-state index is -3.17. The van der Waals surface area contributed by atoms with E-state index in [2.05, 4.69) is 5.09 Å². The fourth-order valence-corrected chi connectivity index (χ4v) is 4.33. The fraction of sp³-hybridized carbons (Fsp3) is 0.882. The second-order valence-corrected chi connectivity index (χ2v) is 10.8. The van der Waals surface area contributed by atoms with E-state index in [1.165, 1.54) is 11.8 Å². The Morgan fingerprint density at radius 2 is 1.80 bits per heavy atom. The van der Waals surface area contributed by atoms with Gasteiger partial charge in [0.15, 0.2) is 5.12 Å². The van der Waals surface area contributed by atoms with E-state index in [9.17, 15) is 14.2 Å². The molecule has 1 N–H and O–H groups in total. The molecular formula is C17H34NO5PS. The van der Waals surface area contributed by atoms with Crippen molar-refractivity contribution in [3.8, 4) is 0 Å². The summed E-state index contributed by atoms with van der Waals surface area (Å²) in [6.45, 7) is 13.5. The Kier molecular flexibility index (Phi) is 11.2. The smallest absolute Gasteiger partial charge is 0.323 e. The zero-order valence-electron chi connectivity index (χ0n) is 16.6. The first-order chi connectivity index (χ1) is 11.4. The third-order valence-electron chi connectivity index (χ3n) is 3.28. The van der Waals surface area contributed by atoms with Crippen LogP contribution in [0.2, 0.25) is 0 Å². The third-order valence-corrected chi connectivity index (χ3v) is 6.66. The Hall–Kier alpha value is -0.360. The standard InChI is InChI=1S/C17H34NO5PS/c1-8-22-15(19)14(12-13(3)4)18-24(21,9-2)23-10-11-25-16(20)17(5,6)7/h13-14H,8-12H2,1-7H3,(H,18,21)/t14-,24?/m0/s1. The van der Waals surface area contributed by atoms with E-state index in [-0.39, 0.29) is 30.4 Å². The molecule has 0 heterocycles. The molecule has 0 aliphatic heterocycles. The van der Waals surface area contributed by atoms with Crippen molar-refractivity contribution in [1.29, 1.82) is 0 Å². The van der Waals surface area contributed by atoms with Crippen LogP contribution >= 0.6 is 19.3 Å². The molecular weight excluding hydrogens is 361 g/mol. The van der Waals surface area contributed by atoms with Gasteiger partial charge in [0.2, 0.25) is 0 Å². The van der Waals surface area contributed by atoms with Crippen molar-refractivity contribution in [3.63, 3.8) is 0 Å². The SMILES string of the molecule is CCOC(=O)[C@H](CC(C)C)NP(=O)(CC)OCCSC(=O)C(C)(C)C. The number of hydrogen-bond donors (Lipinski definition) is 1. The molecule has 0 radical (unpaired) electrons. The fourth-order valence-electron chi connectivity index (χ4n) is 1.91. The highest BCUT2D eigenvalue weighted by atomic mass is 32.2. The van der Waals surface area contributed by atoms with Gasteiger partial charge in [0.25, 0.3) is 7.52 Å². The van der Waals surface area contributed by atoms with Gasteiger partial charge >= 0.3 is 5.97 Å². The molecule has 8 heteroatoms. The van der Waals surface area contributed by atoms with Gasteiger partial charge in [0.05, 0.1) is 13.2 Å². The van der Waals surface area contributed by atoms with Crippen molar-refractivity contribution >= 4 is 30.4 Å².